The van der Waals surface area contributed by atoms with Crippen molar-refractivity contribution >= 4 is 0 Å². The van der Waals surface area contributed by atoms with Crippen LogP contribution in [0.2, 0.25) is 0 Å². The third-order valence-electron chi connectivity index (χ3n) is 5.46. The molecular weight excluding hydrogens is 451 g/mol. The number of benzene rings is 3. The lowest BCUT2D eigenvalue weighted by Crippen LogP contribution is -2.18. The molecule has 0 aliphatic heterocycles. The van der Waals surface area contributed by atoms with E-state index in [1.165, 1.54) is 6.07 Å². The van der Waals surface area contributed by atoms with Crippen molar-refractivity contribution in [2.45, 2.75) is 31.7 Å². The number of allylic oxidation sites excluding steroid dienone is 2. The van der Waals surface area contributed by atoms with Crippen molar-refractivity contribution in [3.63, 3.8) is 0 Å². The van der Waals surface area contributed by atoms with Gasteiger partial charge in [0.05, 0.1) is 0 Å². The Balaban J connectivity index is 2.15. The zero-order chi connectivity index (χ0) is 25.3. The van der Waals surface area contributed by atoms with Gasteiger partial charge in [-0.15, -0.1) is 26.3 Å². The second-order valence-corrected chi connectivity index (χ2v) is 8.10. The Bertz CT molecular complexity index is 1130. The first-order chi connectivity index (χ1) is 16.8. The lowest BCUT2D eigenvalue weighted by Gasteiger charge is -2.23. The fraction of sp³-hybridized carbons (Fsp3) is 0.241. The minimum Gasteiger partial charge on any atom is -0.485 e. The Hall–Kier alpha value is -3.51. The molecule has 0 amide bonds. The van der Waals surface area contributed by atoms with Gasteiger partial charge in [0.1, 0.15) is 17.6 Å². The average Bonchev–Trinajstić information content (AvgIpc) is 2.83. The highest BCUT2D eigenvalue weighted by Gasteiger charge is 2.33. The number of rotatable bonds is 12. The lowest BCUT2D eigenvalue weighted by molar-refractivity contribution is -0.274. The molecule has 0 saturated heterocycles. The highest BCUT2D eigenvalue weighted by molar-refractivity contribution is 5.77. The summed E-state index contributed by atoms with van der Waals surface area (Å²) in [4.78, 5) is 0. The van der Waals surface area contributed by atoms with E-state index < -0.39 is 6.36 Å². The van der Waals surface area contributed by atoms with Crippen LogP contribution >= 0.6 is 0 Å². The zero-order valence-electron chi connectivity index (χ0n) is 19.8. The van der Waals surface area contributed by atoms with Gasteiger partial charge in [-0.1, -0.05) is 54.6 Å². The molecule has 0 spiro atoms. The number of nitrogens with one attached hydrogen (secondary N) is 1. The zero-order valence-corrected chi connectivity index (χ0v) is 19.8. The number of hydrogen-bond donors (Lipinski definition) is 1. The number of hydrogen-bond acceptors (Lipinski definition) is 3. The Labute approximate surface area is 204 Å². The lowest BCUT2D eigenvalue weighted by atomic mass is 9.96. The molecule has 0 aliphatic rings. The largest absolute Gasteiger partial charge is 0.573 e. The molecule has 0 fully saturated rings. The summed E-state index contributed by atoms with van der Waals surface area (Å²) >= 11 is 0. The summed E-state index contributed by atoms with van der Waals surface area (Å²) in [5.74, 6) is 0.197. The molecule has 1 N–H and O–H groups in total. The van der Waals surface area contributed by atoms with E-state index in [0.717, 1.165) is 16.7 Å². The van der Waals surface area contributed by atoms with Crippen LogP contribution < -0.4 is 14.8 Å². The molecule has 0 heterocycles. The standard InChI is InChI=1S/C29H30F3NO2/c1-4-9-21-13-15-27(34-26(17-18-33-3)23-11-7-6-8-12-23)24(19-21)25-20-22(10-5-2)14-16-28(25)35-29(30,31)32/h4-8,11-16,19-20,26,33H,1-2,9-10,17-18H2,3H3. The van der Waals surface area contributed by atoms with Gasteiger partial charge >= 0.3 is 6.36 Å². The summed E-state index contributed by atoms with van der Waals surface area (Å²) in [7, 11) is 1.86. The Morgan fingerprint density at radius 1 is 0.857 bits per heavy atom. The fourth-order valence-electron chi connectivity index (χ4n) is 3.87. The Morgan fingerprint density at radius 2 is 1.43 bits per heavy atom. The molecule has 3 rings (SSSR count). The van der Waals surface area contributed by atoms with E-state index in [2.05, 4.69) is 23.2 Å². The van der Waals surface area contributed by atoms with Gasteiger partial charge in [0.25, 0.3) is 0 Å². The molecule has 0 bridgehead atoms. The molecule has 0 radical (unpaired) electrons. The molecular formula is C29H30F3NO2. The van der Waals surface area contributed by atoms with Crippen molar-refractivity contribution in [3.05, 3.63) is 109 Å². The van der Waals surface area contributed by atoms with E-state index in [1.54, 1.807) is 30.4 Å². The van der Waals surface area contributed by atoms with Crippen molar-refractivity contribution in [2.24, 2.45) is 0 Å². The first-order valence-electron chi connectivity index (χ1n) is 11.4. The highest BCUT2D eigenvalue weighted by atomic mass is 19.4. The number of alkyl halides is 3. The van der Waals surface area contributed by atoms with Gasteiger partial charge in [0.15, 0.2) is 0 Å². The molecule has 0 saturated carbocycles. The second kappa shape index (κ2) is 12.3. The molecule has 0 aromatic heterocycles. The maximum absolute atomic E-state index is 13.3. The van der Waals surface area contributed by atoms with Crippen molar-refractivity contribution in [1.82, 2.24) is 5.32 Å². The minimum absolute atomic E-state index is 0.280. The molecule has 1 atom stereocenters. The molecule has 0 aliphatic carbocycles. The summed E-state index contributed by atoms with van der Waals surface area (Å²) < 4.78 is 50.7. The molecule has 35 heavy (non-hydrogen) atoms. The summed E-state index contributed by atoms with van der Waals surface area (Å²) in [6.07, 6.45) is 0.0905. The van der Waals surface area contributed by atoms with Gasteiger partial charge in [-0.2, -0.15) is 0 Å². The predicted molar refractivity (Wildman–Crippen MR) is 135 cm³/mol. The summed E-state index contributed by atoms with van der Waals surface area (Å²) in [5, 5.41) is 3.14. The van der Waals surface area contributed by atoms with Gasteiger partial charge in [-0.05, 0) is 67.4 Å². The van der Waals surface area contributed by atoms with Crippen LogP contribution in [0.3, 0.4) is 0 Å². The Kier molecular flexibility index (Phi) is 9.15. The van der Waals surface area contributed by atoms with Crippen molar-refractivity contribution in [3.8, 4) is 22.6 Å². The normalized spacial score (nSPS) is 12.1. The van der Waals surface area contributed by atoms with E-state index in [4.69, 9.17) is 4.74 Å². The van der Waals surface area contributed by atoms with Crippen LogP contribution in [0.4, 0.5) is 13.2 Å². The Morgan fingerprint density at radius 3 is 1.97 bits per heavy atom. The van der Waals surface area contributed by atoms with Crippen LogP contribution in [0.5, 0.6) is 11.5 Å². The third kappa shape index (κ3) is 7.49. The monoisotopic (exact) mass is 481 g/mol. The van der Waals surface area contributed by atoms with Gasteiger partial charge in [0, 0.05) is 17.5 Å². The fourth-order valence-corrected chi connectivity index (χ4v) is 3.87. The first kappa shape index (κ1) is 26.1. The minimum atomic E-state index is -4.83. The van der Waals surface area contributed by atoms with Crippen LogP contribution in [0.1, 0.15) is 29.2 Å². The van der Waals surface area contributed by atoms with E-state index in [9.17, 15) is 13.2 Å². The van der Waals surface area contributed by atoms with Crippen molar-refractivity contribution < 1.29 is 22.6 Å². The predicted octanol–water partition coefficient (Wildman–Crippen LogP) is 7.44. The smallest absolute Gasteiger partial charge is 0.485 e. The molecule has 3 nitrogen and oxygen atoms in total. The van der Waals surface area contributed by atoms with Gasteiger partial charge < -0.3 is 14.8 Å². The third-order valence-corrected chi connectivity index (χ3v) is 5.46. The molecule has 1 unspecified atom stereocenters. The number of ether oxygens (including phenoxy) is 2. The van der Waals surface area contributed by atoms with Gasteiger partial charge in [0.2, 0.25) is 0 Å². The van der Waals surface area contributed by atoms with E-state index in [-0.39, 0.29) is 11.9 Å². The SMILES string of the molecule is C=CCc1ccc(OC(CCNC)c2ccccc2)c(-c2cc(CC=C)ccc2OC(F)(F)F)c1. The van der Waals surface area contributed by atoms with Crippen LogP contribution in [0.25, 0.3) is 11.1 Å². The van der Waals surface area contributed by atoms with Gasteiger partial charge in [-0.3, -0.25) is 0 Å². The van der Waals surface area contributed by atoms with Crippen LogP contribution in [-0.2, 0) is 12.8 Å². The maximum Gasteiger partial charge on any atom is 0.573 e. The summed E-state index contributed by atoms with van der Waals surface area (Å²) in [6.45, 7) is 8.24. The van der Waals surface area contributed by atoms with E-state index >= 15 is 0 Å². The van der Waals surface area contributed by atoms with Crippen molar-refractivity contribution in [2.75, 3.05) is 13.6 Å². The topological polar surface area (TPSA) is 30.5 Å². The maximum atomic E-state index is 13.3. The van der Waals surface area contributed by atoms with E-state index in [1.807, 2.05) is 49.5 Å². The summed E-state index contributed by atoms with van der Waals surface area (Å²) in [6, 6.07) is 20.0. The highest BCUT2D eigenvalue weighted by Crippen LogP contribution is 2.41. The van der Waals surface area contributed by atoms with Crippen LogP contribution in [0.15, 0.2) is 92.0 Å². The summed E-state index contributed by atoms with van der Waals surface area (Å²) in [5.41, 5.74) is 3.54. The van der Waals surface area contributed by atoms with Crippen molar-refractivity contribution in [1.29, 1.82) is 0 Å². The van der Waals surface area contributed by atoms with Crippen LogP contribution in [0, 0.1) is 0 Å². The van der Waals surface area contributed by atoms with Gasteiger partial charge in [-0.25, -0.2) is 0 Å². The second-order valence-electron chi connectivity index (χ2n) is 8.10. The molecule has 3 aromatic rings. The molecule has 184 valence electrons. The number of halogens is 3. The van der Waals surface area contributed by atoms with E-state index in [0.29, 0.717) is 42.7 Å². The average molecular weight is 482 g/mol. The first-order valence-corrected chi connectivity index (χ1v) is 11.4. The molecule has 6 heteroatoms. The molecule has 3 aromatic carbocycles. The van der Waals surface area contributed by atoms with Crippen LogP contribution in [-0.4, -0.2) is 20.0 Å². The quantitative estimate of drug-likeness (QED) is 0.273.